The fourth-order valence-corrected chi connectivity index (χ4v) is 12.8. The van der Waals surface area contributed by atoms with E-state index in [0.717, 1.165) is 25.7 Å². The first kappa shape index (κ1) is 40.0. The number of ether oxygens (including phenoxy) is 3. The summed E-state index contributed by atoms with van der Waals surface area (Å²) in [6.45, 7) is 15.4. The zero-order valence-corrected chi connectivity index (χ0v) is 32.4. The summed E-state index contributed by atoms with van der Waals surface area (Å²) in [5.74, 6) is -0.796. The first-order chi connectivity index (χ1) is 24.3. The van der Waals surface area contributed by atoms with Gasteiger partial charge in [0.1, 0.15) is 24.1 Å². The summed E-state index contributed by atoms with van der Waals surface area (Å²) in [4.78, 5) is 27.5. The van der Waals surface area contributed by atoms with Crippen molar-refractivity contribution in [2.75, 3.05) is 19.8 Å². The molecule has 0 spiro atoms. The van der Waals surface area contributed by atoms with Gasteiger partial charge in [-0.2, -0.15) is 0 Å². The molecule has 0 radical (unpaired) electrons. The molecule has 0 aromatic rings. The number of rotatable bonds is 7. The molecule has 17 atom stereocenters. The van der Waals surface area contributed by atoms with Crippen molar-refractivity contribution in [2.24, 2.45) is 56.7 Å². The van der Waals surface area contributed by atoms with E-state index < -0.39 is 71.7 Å². The van der Waals surface area contributed by atoms with Crippen LogP contribution in [0.5, 0.6) is 0 Å². The van der Waals surface area contributed by atoms with Crippen LogP contribution in [0, 0.1) is 56.7 Å². The van der Waals surface area contributed by atoms with Crippen molar-refractivity contribution in [3.63, 3.8) is 0 Å². The third kappa shape index (κ3) is 5.49. The lowest BCUT2D eigenvalue weighted by Crippen LogP contribution is -2.68. The van der Waals surface area contributed by atoms with E-state index in [1.807, 2.05) is 6.92 Å². The lowest BCUT2D eigenvalue weighted by atomic mass is 9.33. The molecule has 4 saturated carbocycles. The highest BCUT2D eigenvalue weighted by Crippen LogP contribution is 2.75. The van der Waals surface area contributed by atoms with Crippen LogP contribution >= 0.6 is 0 Å². The number of carbonyl (C=O) groups excluding carboxylic acids is 2. The zero-order valence-electron chi connectivity index (χ0n) is 32.4. The summed E-state index contributed by atoms with van der Waals surface area (Å²) in [6.07, 6.45) is 0.248. The molecule has 6 N–H and O–H groups in total. The van der Waals surface area contributed by atoms with Gasteiger partial charge in [0, 0.05) is 22.8 Å². The number of esters is 1. The molecule has 0 aromatic heterocycles. The van der Waals surface area contributed by atoms with E-state index in [2.05, 4.69) is 40.7 Å². The molecular formula is C41H64O11. The number of fused-ring (bicyclic) bond motifs is 7. The molecular weight excluding hydrogens is 668 g/mol. The molecule has 0 bridgehead atoms. The second kappa shape index (κ2) is 13.8. The predicted octanol–water partition coefficient (Wildman–Crippen LogP) is 3.46. The number of allylic oxidation sites excluding steroid dienone is 3. The SMILES string of the molecule is C/C=C(/C)C(=O)O[C@@H]1[C@@H](O)[C@H](OC2C[C@]3(CO)C(=O)C[C@]4(C)C(=CCC5[C@@]6(C)CC[C@H](O)[C@@](C)(CO)C6CC[C@]54C)C3[C@@H](C)[C@@H]2C)O[C@H](CO)[C@H]1O. The van der Waals surface area contributed by atoms with Gasteiger partial charge in [0.15, 0.2) is 12.4 Å². The van der Waals surface area contributed by atoms with E-state index in [1.165, 1.54) is 5.57 Å². The third-order valence-corrected chi connectivity index (χ3v) is 16.6. The summed E-state index contributed by atoms with van der Waals surface area (Å²) in [6, 6.07) is 0. The number of carbonyl (C=O) groups is 2. The van der Waals surface area contributed by atoms with Crippen molar-refractivity contribution >= 4 is 11.8 Å². The molecule has 0 amide bonds. The quantitative estimate of drug-likeness (QED) is 0.0976. The van der Waals surface area contributed by atoms with Crippen molar-refractivity contribution in [2.45, 2.75) is 143 Å². The first-order valence-corrected chi connectivity index (χ1v) is 19.6. The molecule has 294 valence electrons. The van der Waals surface area contributed by atoms with E-state index >= 15 is 0 Å². The predicted molar refractivity (Wildman–Crippen MR) is 191 cm³/mol. The van der Waals surface area contributed by atoms with E-state index in [0.29, 0.717) is 6.42 Å². The number of hydrogen-bond acceptors (Lipinski definition) is 11. The molecule has 11 nitrogen and oxygen atoms in total. The Morgan fingerprint density at radius 2 is 1.67 bits per heavy atom. The van der Waals surface area contributed by atoms with Gasteiger partial charge in [0.05, 0.1) is 37.4 Å². The van der Waals surface area contributed by atoms with Crippen molar-refractivity contribution in [3.05, 3.63) is 23.3 Å². The minimum atomic E-state index is -1.58. The summed E-state index contributed by atoms with van der Waals surface area (Å²) < 4.78 is 17.8. The number of aliphatic hydroxyl groups excluding tert-OH is 6. The Morgan fingerprint density at radius 1 is 0.981 bits per heavy atom. The summed E-state index contributed by atoms with van der Waals surface area (Å²) >= 11 is 0. The Bertz CT molecular complexity index is 1460. The topological polar surface area (TPSA) is 183 Å². The van der Waals surface area contributed by atoms with Crippen LogP contribution in [0.15, 0.2) is 23.3 Å². The maximum Gasteiger partial charge on any atom is 0.333 e. The molecule has 52 heavy (non-hydrogen) atoms. The van der Waals surface area contributed by atoms with Crippen molar-refractivity contribution in [1.29, 1.82) is 0 Å². The molecule has 1 aliphatic heterocycles. The molecule has 1 heterocycles. The first-order valence-electron chi connectivity index (χ1n) is 19.6. The smallest absolute Gasteiger partial charge is 0.333 e. The fourth-order valence-electron chi connectivity index (χ4n) is 12.8. The van der Waals surface area contributed by atoms with Crippen LogP contribution in [-0.2, 0) is 23.8 Å². The molecule has 4 unspecified atom stereocenters. The van der Waals surface area contributed by atoms with Gasteiger partial charge in [-0.1, -0.05) is 59.3 Å². The van der Waals surface area contributed by atoms with Gasteiger partial charge in [0.25, 0.3) is 0 Å². The summed E-state index contributed by atoms with van der Waals surface area (Å²) in [7, 11) is 0. The molecule has 5 fully saturated rings. The van der Waals surface area contributed by atoms with E-state index in [9.17, 15) is 40.2 Å². The van der Waals surface area contributed by atoms with E-state index in [1.54, 1.807) is 19.9 Å². The van der Waals surface area contributed by atoms with Gasteiger partial charge in [0.2, 0.25) is 0 Å². The van der Waals surface area contributed by atoms with Gasteiger partial charge < -0.3 is 44.8 Å². The maximum atomic E-state index is 14.9. The average Bonchev–Trinajstić information content (AvgIpc) is 3.11. The average molecular weight is 733 g/mol. The van der Waals surface area contributed by atoms with Crippen molar-refractivity contribution in [1.82, 2.24) is 0 Å². The monoisotopic (exact) mass is 732 g/mol. The number of Topliss-reactive ketones (excluding diaryl/α,β-unsaturated/α-hetero) is 1. The van der Waals surface area contributed by atoms with Gasteiger partial charge in [-0.3, -0.25) is 4.79 Å². The van der Waals surface area contributed by atoms with Gasteiger partial charge in [-0.25, -0.2) is 4.79 Å². The van der Waals surface area contributed by atoms with Gasteiger partial charge in [-0.05, 0) is 92.8 Å². The fraction of sp³-hybridized carbons (Fsp3) is 0.854. The van der Waals surface area contributed by atoms with Crippen LogP contribution in [0.1, 0.15) is 100 Å². The Morgan fingerprint density at radius 3 is 2.29 bits per heavy atom. The Balaban J connectivity index is 1.31. The second-order valence-electron chi connectivity index (χ2n) is 18.5. The number of hydrogen-bond donors (Lipinski definition) is 6. The lowest BCUT2D eigenvalue weighted by Gasteiger charge is -2.71. The maximum absolute atomic E-state index is 14.9. The minimum absolute atomic E-state index is 0.00261. The van der Waals surface area contributed by atoms with Crippen LogP contribution in [0.25, 0.3) is 0 Å². The van der Waals surface area contributed by atoms with Crippen molar-refractivity contribution in [3.8, 4) is 0 Å². The molecule has 6 aliphatic rings. The molecule has 6 rings (SSSR count). The van der Waals surface area contributed by atoms with Crippen molar-refractivity contribution < 1.29 is 54.4 Å². The molecule has 5 aliphatic carbocycles. The van der Waals surface area contributed by atoms with Gasteiger partial charge >= 0.3 is 5.97 Å². The van der Waals surface area contributed by atoms with Crippen LogP contribution in [0.3, 0.4) is 0 Å². The number of aliphatic hydroxyl groups is 6. The Labute approximate surface area is 308 Å². The second-order valence-corrected chi connectivity index (χ2v) is 18.5. The molecule has 1 saturated heterocycles. The summed E-state index contributed by atoms with van der Waals surface area (Å²) in [5.41, 5.74) is -0.955. The molecule has 0 aromatic carbocycles. The van der Waals surface area contributed by atoms with E-state index in [-0.39, 0.29) is 77.8 Å². The standard InChI is InChI=1S/C41H64O11/c1-9-21(2)35(49)52-34-32(47)26(18-42)51-36(33(34)48)50-25-16-41(20-44)30(46)17-40(8)24(31(41)23(4)22(25)3)10-11-28-37(5)14-13-29(45)38(6,19-43)27(37)12-15-39(28,40)7/h9-10,22-23,25-29,31-34,36,42-45,47-48H,11-20H2,1-8H3/b21-9-/t22-,23-,25?,26+,27?,28?,29-,31?,32+,33+,34-,36+,37-,38-,39+,40+,41-/m0/s1. The zero-order chi connectivity index (χ0) is 38.3. The van der Waals surface area contributed by atoms with Crippen LogP contribution < -0.4 is 0 Å². The highest BCUT2D eigenvalue weighted by molar-refractivity contribution is 5.89. The lowest BCUT2D eigenvalue weighted by molar-refractivity contribution is -0.322. The highest BCUT2D eigenvalue weighted by atomic mass is 16.7. The van der Waals surface area contributed by atoms with E-state index in [4.69, 9.17) is 14.2 Å². The minimum Gasteiger partial charge on any atom is -0.453 e. The third-order valence-electron chi connectivity index (χ3n) is 16.6. The Kier molecular flexibility index (Phi) is 10.6. The summed E-state index contributed by atoms with van der Waals surface area (Å²) in [5, 5.41) is 65.2. The molecule has 11 heteroatoms. The van der Waals surface area contributed by atoms with Crippen LogP contribution in [-0.4, -0.2) is 105 Å². The van der Waals surface area contributed by atoms with Crippen LogP contribution in [0.2, 0.25) is 0 Å². The Hall–Kier alpha value is -1.70. The normalized spacial score (nSPS) is 52.1. The largest absolute Gasteiger partial charge is 0.453 e. The van der Waals surface area contributed by atoms with Gasteiger partial charge in [-0.15, -0.1) is 0 Å². The highest BCUT2D eigenvalue weighted by Gasteiger charge is 2.71. The van der Waals surface area contributed by atoms with Crippen LogP contribution in [0.4, 0.5) is 0 Å². The number of ketones is 1.